The number of piperidine rings is 1. The standard InChI is InChI=1S/C13H18N4O2S/c1-8-6-16(4-3-10(8)18)7-11-15-17-12(19)5-9(2)14-13(17)20-11/h5,8,10,18H,3-4,6-7H2,1-2H3. The average Bonchev–Trinajstić information content (AvgIpc) is 2.76. The fourth-order valence-electron chi connectivity index (χ4n) is 2.58. The molecule has 1 N–H and O–H groups in total. The smallest absolute Gasteiger partial charge is 0.275 e. The number of hydrogen-bond donors (Lipinski definition) is 1. The van der Waals surface area contributed by atoms with Gasteiger partial charge in [0, 0.05) is 24.8 Å². The average molecular weight is 294 g/mol. The van der Waals surface area contributed by atoms with Gasteiger partial charge >= 0.3 is 0 Å². The van der Waals surface area contributed by atoms with Crippen LogP contribution in [0.3, 0.4) is 0 Å². The number of likely N-dealkylation sites (tertiary alicyclic amines) is 1. The zero-order chi connectivity index (χ0) is 14.3. The molecule has 20 heavy (non-hydrogen) atoms. The predicted octanol–water partition coefficient (Wildman–Crippen LogP) is 0.662. The van der Waals surface area contributed by atoms with E-state index in [2.05, 4.69) is 21.9 Å². The van der Waals surface area contributed by atoms with Crippen molar-refractivity contribution in [3.8, 4) is 0 Å². The number of rotatable bonds is 2. The Morgan fingerprint density at radius 2 is 2.35 bits per heavy atom. The molecule has 1 saturated heterocycles. The molecule has 1 aliphatic rings. The van der Waals surface area contributed by atoms with Crippen LogP contribution in [0.2, 0.25) is 0 Å². The van der Waals surface area contributed by atoms with Crippen LogP contribution in [0.25, 0.3) is 4.96 Å². The number of fused-ring (bicyclic) bond motifs is 1. The Bertz CT molecular complexity index is 681. The summed E-state index contributed by atoms with van der Waals surface area (Å²) in [4.78, 5) is 19.1. The number of aliphatic hydroxyl groups excluding tert-OH is 1. The van der Waals surface area contributed by atoms with E-state index in [4.69, 9.17) is 0 Å². The first-order valence-electron chi connectivity index (χ1n) is 6.80. The Labute approximate surface area is 120 Å². The van der Waals surface area contributed by atoms with Crippen molar-refractivity contribution in [2.75, 3.05) is 13.1 Å². The van der Waals surface area contributed by atoms with Crippen molar-refractivity contribution < 1.29 is 5.11 Å². The Balaban J connectivity index is 1.81. The van der Waals surface area contributed by atoms with Crippen LogP contribution < -0.4 is 5.56 Å². The summed E-state index contributed by atoms with van der Waals surface area (Å²) < 4.78 is 1.37. The van der Waals surface area contributed by atoms with Crippen molar-refractivity contribution in [2.24, 2.45) is 5.92 Å². The van der Waals surface area contributed by atoms with Crippen molar-refractivity contribution in [3.63, 3.8) is 0 Å². The molecule has 108 valence electrons. The van der Waals surface area contributed by atoms with Gasteiger partial charge < -0.3 is 5.11 Å². The Morgan fingerprint density at radius 1 is 1.55 bits per heavy atom. The van der Waals surface area contributed by atoms with E-state index in [1.807, 2.05) is 6.92 Å². The monoisotopic (exact) mass is 294 g/mol. The molecular weight excluding hydrogens is 276 g/mol. The van der Waals surface area contributed by atoms with Gasteiger partial charge in [-0.2, -0.15) is 9.61 Å². The molecule has 2 aromatic rings. The van der Waals surface area contributed by atoms with Gasteiger partial charge in [0.1, 0.15) is 5.01 Å². The highest BCUT2D eigenvalue weighted by molar-refractivity contribution is 7.16. The van der Waals surface area contributed by atoms with E-state index in [0.717, 1.165) is 30.2 Å². The summed E-state index contributed by atoms with van der Waals surface area (Å²) in [6.07, 6.45) is 0.595. The number of aliphatic hydroxyl groups is 1. The van der Waals surface area contributed by atoms with E-state index in [-0.39, 0.29) is 17.6 Å². The summed E-state index contributed by atoms with van der Waals surface area (Å²) in [7, 11) is 0. The van der Waals surface area contributed by atoms with Gasteiger partial charge in [-0.15, -0.1) is 0 Å². The van der Waals surface area contributed by atoms with Crippen molar-refractivity contribution in [1.29, 1.82) is 0 Å². The van der Waals surface area contributed by atoms with Crippen LogP contribution in [0.5, 0.6) is 0 Å². The normalized spacial score (nSPS) is 24.4. The Kier molecular flexibility index (Phi) is 3.57. The van der Waals surface area contributed by atoms with Gasteiger partial charge in [0.2, 0.25) is 4.96 Å². The van der Waals surface area contributed by atoms with Gasteiger partial charge in [-0.05, 0) is 19.3 Å². The summed E-state index contributed by atoms with van der Waals surface area (Å²) in [5.74, 6) is 0.279. The molecule has 2 aromatic heterocycles. The highest BCUT2D eigenvalue weighted by atomic mass is 32.1. The molecule has 0 spiro atoms. The first kappa shape index (κ1) is 13.7. The second-order valence-electron chi connectivity index (χ2n) is 5.49. The van der Waals surface area contributed by atoms with Crippen LogP contribution in [0, 0.1) is 12.8 Å². The van der Waals surface area contributed by atoms with Crippen LogP contribution in [-0.4, -0.2) is 43.8 Å². The minimum absolute atomic E-state index is 0.127. The minimum atomic E-state index is -0.200. The van der Waals surface area contributed by atoms with Gasteiger partial charge in [0.15, 0.2) is 0 Å². The lowest BCUT2D eigenvalue weighted by molar-refractivity contribution is 0.0319. The summed E-state index contributed by atoms with van der Waals surface area (Å²) in [6.45, 7) is 6.31. The van der Waals surface area contributed by atoms with Crippen molar-refractivity contribution in [2.45, 2.75) is 32.9 Å². The molecule has 1 aliphatic heterocycles. The summed E-state index contributed by atoms with van der Waals surface area (Å²) in [6, 6.07) is 1.50. The molecule has 2 unspecified atom stereocenters. The van der Waals surface area contributed by atoms with Crippen molar-refractivity contribution >= 4 is 16.3 Å². The minimum Gasteiger partial charge on any atom is -0.393 e. The second-order valence-corrected chi connectivity index (χ2v) is 6.53. The lowest BCUT2D eigenvalue weighted by Gasteiger charge is -2.33. The first-order chi connectivity index (χ1) is 9.52. The molecule has 0 radical (unpaired) electrons. The van der Waals surface area contributed by atoms with E-state index < -0.39 is 0 Å². The van der Waals surface area contributed by atoms with Gasteiger partial charge in [0.25, 0.3) is 5.56 Å². The van der Waals surface area contributed by atoms with Crippen LogP contribution in [0.1, 0.15) is 24.0 Å². The van der Waals surface area contributed by atoms with Crippen LogP contribution in [0.4, 0.5) is 0 Å². The molecule has 3 rings (SSSR count). The van der Waals surface area contributed by atoms with Crippen molar-refractivity contribution in [1.82, 2.24) is 19.5 Å². The van der Waals surface area contributed by atoms with Gasteiger partial charge in [-0.1, -0.05) is 18.3 Å². The molecule has 3 heterocycles. The van der Waals surface area contributed by atoms with E-state index in [1.54, 1.807) is 0 Å². The lowest BCUT2D eigenvalue weighted by atomic mass is 9.97. The maximum Gasteiger partial charge on any atom is 0.275 e. The van der Waals surface area contributed by atoms with E-state index in [9.17, 15) is 9.90 Å². The Hall–Kier alpha value is -1.31. The largest absolute Gasteiger partial charge is 0.393 e. The number of aromatic nitrogens is 3. The molecular formula is C13H18N4O2S. The molecule has 0 bridgehead atoms. The fraction of sp³-hybridized carbons (Fsp3) is 0.615. The highest BCUT2D eigenvalue weighted by Crippen LogP contribution is 2.20. The molecule has 0 amide bonds. The summed E-state index contributed by atoms with van der Waals surface area (Å²) in [5.41, 5.74) is 0.595. The molecule has 1 fully saturated rings. The molecule has 2 atom stereocenters. The summed E-state index contributed by atoms with van der Waals surface area (Å²) >= 11 is 1.46. The van der Waals surface area contributed by atoms with Crippen molar-refractivity contribution in [3.05, 3.63) is 27.1 Å². The lowest BCUT2D eigenvalue weighted by Crippen LogP contribution is -2.41. The zero-order valence-electron chi connectivity index (χ0n) is 11.6. The molecule has 6 nitrogen and oxygen atoms in total. The third kappa shape index (κ3) is 2.61. The number of aryl methyl sites for hydroxylation is 1. The van der Waals surface area contributed by atoms with Crippen LogP contribution >= 0.6 is 11.3 Å². The number of hydrogen-bond acceptors (Lipinski definition) is 6. The van der Waals surface area contributed by atoms with Gasteiger partial charge in [0.05, 0.1) is 12.6 Å². The van der Waals surface area contributed by atoms with E-state index in [0.29, 0.717) is 11.5 Å². The zero-order valence-corrected chi connectivity index (χ0v) is 12.4. The predicted molar refractivity (Wildman–Crippen MR) is 76.9 cm³/mol. The van der Waals surface area contributed by atoms with E-state index in [1.165, 1.54) is 21.9 Å². The number of nitrogens with zero attached hydrogens (tertiary/aromatic N) is 4. The molecule has 0 aliphatic carbocycles. The first-order valence-corrected chi connectivity index (χ1v) is 7.61. The van der Waals surface area contributed by atoms with Crippen LogP contribution in [-0.2, 0) is 6.54 Å². The SMILES string of the molecule is Cc1cc(=O)n2nc(CN3CCC(O)C(C)C3)sc2n1. The maximum atomic E-state index is 11.8. The molecule has 7 heteroatoms. The summed E-state index contributed by atoms with van der Waals surface area (Å²) in [5, 5.41) is 15.0. The third-order valence-corrected chi connectivity index (χ3v) is 4.61. The van der Waals surface area contributed by atoms with Crippen LogP contribution in [0.15, 0.2) is 10.9 Å². The van der Waals surface area contributed by atoms with E-state index >= 15 is 0 Å². The molecule has 0 saturated carbocycles. The highest BCUT2D eigenvalue weighted by Gasteiger charge is 2.24. The fourth-order valence-corrected chi connectivity index (χ4v) is 3.57. The quantitative estimate of drug-likeness (QED) is 0.881. The maximum absolute atomic E-state index is 11.8. The topological polar surface area (TPSA) is 70.7 Å². The second kappa shape index (κ2) is 5.23. The van der Waals surface area contributed by atoms with Gasteiger partial charge in [-0.3, -0.25) is 9.69 Å². The molecule has 0 aromatic carbocycles. The third-order valence-electron chi connectivity index (χ3n) is 3.72. The Morgan fingerprint density at radius 3 is 3.10 bits per heavy atom. The van der Waals surface area contributed by atoms with Gasteiger partial charge in [-0.25, -0.2) is 4.98 Å².